The zero-order valence-corrected chi connectivity index (χ0v) is 14.6. The first kappa shape index (κ1) is 23.9. The Labute approximate surface area is 140 Å². The van der Waals surface area contributed by atoms with Gasteiger partial charge >= 0.3 is 7.12 Å². The number of aliphatic hydroxyl groups is 1. The third-order valence-electron chi connectivity index (χ3n) is 2.60. The van der Waals surface area contributed by atoms with Crippen molar-refractivity contribution < 1.29 is 20.3 Å². The minimum atomic E-state index is -1.46. The van der Waals surface area contributed by atoms with E-state index in [2.05, 4.69) is 17.2 Å². The number of benzene rings is 1. The zero-order valence-electron chi connectivity index (χ0n) is 14.6. The average molecular weight is 326 g/mol. The smallest absolute Gasteiger partial charge is 0.488 e. The van der Waals surface area contributed by atoms with Crippen molar-refractivity contribution >= 4 is 12.6 Å². The van der Waals surface area contributed by atoms with Crippen molar-refractivity contribution in [3.05, 3.63) is 36.4 Å². The lowest BCUT2D eigenvalue weighted by Crippen LogP contribution is -2.31. The quantitative estimate of drug-likeness (QED) is 0.185. The summed E-state index contributed by atoms with van der Waals surface area (Å²) < 4.78 is 0. The molecule has 7 heteroatoms. The first-order valence-electron chi connectivity index (χ1n) is 7.75. The van der Waals surface area contributed by atoms with E-state index in [-0.39, 0.29) is 5.75 Å². The molecule has 6 nitrogen and oxygen atoms in total. The lowest BCUT2D eigenvalue weighted by molar-refractivity contribution is 0.173. The molecule has 0 heterocycles. The summed E-state index contributed by atoms with van der Waals surface area (Å²) in [5.41, 5.74) is 1.13. The Morgan fingerprint density at radius 1 is 1.17 bits per heavy atom. The van der Waals surface area contributed by atoms with Crippen molar-refractivity contribution in [2.75, 3.05) is 20.1 Å². The van der Waals surface area contributed by atoms with Crippen LogP contribution in [0.2, 0.25) is 0 Å². The van der Waals surface area contributed by atoms with Crippen LogP contribution in [0.15, 0.2) is 36.4 Å². The van der Waals surface area contributed by atoms with Crippen molar-refractivity contribution in [1.82, 2.24) is 10.6 Å². The molecule has 0 spiro atoms. The highest BCUT2D eigenvalue weighted by Gasteiger charge is 2.08. The Bertz CT molecular complexity index is 400. The van der Waals surface area contributed by atoms with E-state index in [1.807, 2.05) is 20.9 Å². The fraction of sp³-hybridized carbons (Fsp3) is 0.500. The van der Waals surface area contributed by atoms with Crippen LogP contribution in [0.1, 0.15) is 27.2 Å². The van der Waals surface area contributed by atoms with Gasteiger partial charge in [-0.1, -0.05) is 32.6 Å². The predicted molar refractivity (Wildman–Crippen MR) is 96.6 cm³/mol. The van der Waals surface area contributed by atoms with Crippen LogP contribution in [0, 0.1) is 0 Å². The molecule has 1 atom stereocenters. The molecule has 0 saturated carbocycles. The molecule has 1 aromatic carbocycles. The van der Waals surface area contributed by atoms with Crippen LogP contribution in [0.4, 0.5) is 0 Å². The highest BCUT2D eigenvalue weighted by molar-refractivity contribution is 6.58. The Kier molecular flexibility index (Phi) is 16.1. The summed E-state index contributed by atoms with van der Waals surface area (Å²) in [5, 5.41) is 41.1. The van der Waals surface area contributed by atoms with Crippen molar-refractivity contribution in [2.24, 2.45) is 0 Å². The van der Waals surface area contributed by atoms with Gasteiger partial charge in [0.2, 0.25) is 0 Å². The van der Waals surface area contributed by atoms with E-state index in [4.69, 9.17) is 15.2 Å². The Hall–Kier alpha value is -1.38. The second-order valence-corrected chi connectivity index (χ2v) is 4.63. The second kappa shape index (κ2) is 15.5. The van der Waals surface area contributed by atoms with Gasteiger partial charge in [0.15, 0.2) is 0 Å². The second-order valence-electron chi connectivity index (χ2n) is 4.63. The van der Waals surface area contributed by atoms with Crippen LogP contribution in [0.5, 0.6) is 5.75 Å². The van der Waals surface area contributed by atoms with Gasteiger partial charge in [0, 0.05) is 0 Å². The largest absolute Gasteiger partial charge is 0.508 e. The minimum absolute atomic E-state index is 0.115. The summed E-state index contributed by atoms with van der Waals surface area (Å²) in [6.45, 7) is 11.2. The van der Waals surface area contributed by atoms with E-state index in [0.29, 0.717) is 5.46 Å². The fourth-order valence-electron chi connectivity index (χ4n) is 1.32. The average Bonchev–Trinajstić information content (AvgIpc) is 2.54. The lowest BCUT2D eigenvalue weighted by atomic mass is 9.80. The van der Waals surface area contributed by atoms with Gasteiger partial charge in [-0.15, -0.1) is 0 Å². The summed E-state index contributed by atoms with van der Waals surface area (Å²) in [6, 6.07) is 5.68. The van der Waals surface area contributed by atoms with Gasteiger partial charge in [-0.25, -0.2) is 0 Å². The van der Waals surface area contributed by atoms with Crippen molar-refractivity contribution in [1.29, 1.82) is 0 Å². The molecule has 1 aromatic rings. The molecular formula is C16H31BN2O4. The first-order valence-corrected chi connectivity index (χ1v) is 7.75. The van der Waals surface area contributed by atoms with Gasteiger partial charge in [0.05, 0.1) is 0 Å². The molecule has 0 aromatic heterocycles. The van der Waals surface area contributed by atoms with E-state index < -0.39 is 13.3 Å². The highest BCUT2D eigenvalue weighted by atomic mass is 16.4. The maximum Gasteiger partial charge on any atom is 0.488 e. The monoisotopic (exact) mass is 326 g/mol. The van der Waals surface area contributed by atoms with Gasteiger partial charge in [0.1, 0.15) is 12.0 Å². The normalized spacial score (nSPS) is 10.6. The number of nitrogens with one attached hydrogen (secondary N) is 2. The summed E-state index contributed by atoms with van der Waals surface area (Å²) >= 11 is 0. The number of phenols is 1. The van der Waals surface area contributed by atoms with E-state index in [0.717, 1.165) is 25.1 Å². The van der Waals surface area contributed by atoms with E-state index in [9.17, 15) is 5.11 Å². The van der Waals surface area contributed by atoms with Gasteiger partial charge in [-0.2, -0.15) is 0 Å². The minimum Gasteiger partial charge on any atom is -0.508 e. The van der Waals surface area contributed by atoms with Crippen molar-refractivity contribution in [2.45, 2.75) is 33.4 Å². The number of hydrogen-bond donors (Lipinski definition) is 6. The van der Waals surface area contributed by atoms with Crippen molar-refractivity contribution in [3.8, 4) is 5.75 Å². The summed E-state index contributed by atoms with van der Waals surface area (Å²) in [7, 11) is 0.454. The van der Waals surface area contributed by atoms with Crippen LogP contribution in [-0.2, 0) is 0 Å². The SMILES string of the molecule is C=C(C)C(O)NCCCNC.CC.OB(O)c1ccc(O)cc1. The number of hydrogen-bond acceptors (Lipinski definition) is 6. The topological polar surface area (TPSA) is 105 Å². The molecular weight excluding hydrogens is 295 g/mol. The van der Waals surface area contributed by atoms with Crippen LogP contribution in [0.25, 0.3) is 0 Å². The standard InChI is InChI=1S/C8H18N2O.C6H7BO3.C2H6/c1-7(2)8(11)10-6-4-5-9-3;8-6-3-1-5(2-4-6)7(9)10;1-2/h8-11H,1,4-6H2,2-3H3;1-4,8-10H;1-2H3. The maximum absolute atomic E-state index is 9.19. The summed E-state index contributed by atoms with van der Waals surface area (Å²) in [5.74, 6) is 0.115. The van der Waals surface area contributed by atoms with Crippen molar-refractivity contribution in [3.63, 3.8) is 0 Å². The Balaban J connectivity index is 0. The van der Waals surface area contributed by atoms with Crippen LogP contribution in [-0.4, -0.2) is 53.7 Å². The fourth-order valence-corrected chi connectivity index (χ4v) is 1.32. The number of phenolic OH excluding ortho intramolecular Hbond substituents is 1. The van der Waals surface area contributed by atoms with Crippen LogP contribution < -0.4 is 16.1 Å². The molecule has 0 fully saturated rings. The number of rotatable bonds is 7. The van der Waals surface area contributed by atoms with Crippen LogP contribution in [0.3, 0.4) is 0 Å². The molecule has 0 radical (unpaired) electrons. The predicted octanol–water partition coefficient (Wildman–Crippen LogP) is 0.178. The van der Waals surface area contributed by atoms with Gasteiger partial charge in [0.25, 0.3) is 0 Å². The first-order chi connectivity index (χ1) is 10.9. The Morgan fingerprint density at radius 2 is 1.70 bits per heavy atom. The zero-order chi connectivity index (χ0) is 18.3. The lowest BCUT2D eigenvalue weighted by Gasteiger charge is -2.11. The maximum atomic E-state index is 9.19. The molecule has 132 valence electrons. The van der Waals surface area contributed by atoms with E-state index >= 15 is 0 Å². The van der Waals surface area contributed by atoms with Gasteiger partial charge in [-0.05, 0) is 56.7 Å². The highest BCUT2D eigenvalue weighted by Crippen LogP contribution is 2.02. The van der Waals surface area contributed by atoms with Gasteiger partial charge < -0.3 is 25.6 Å². The molecule has 23 heavy (non-hydrogen) atoms. The molecule has 1 rings (SSSR count). The van der Waals surface area contributed by atoms with E-state index in [1.54, 1.807) is 6.92 Å². The van der Waals surface area contributed by atoms with Gasteiger partial charge in [-0.3, -0.25) is 5.32 Å². The van der Waals surface area contributed by atoms with E-state index in [1.165, 1.54) is 24.3 Å². The Morgan fingerprint density at radius 3 is 2.09 bits per heavy atom. The number of aliphatic hydroxyl groups excluding tert-OH is 1. The molecule has 0 bridgehead atoms. The molecule has 0 amide bonds. The third kappa shape index (κ3) is 14.0. The number of aromatic hydroxyl groups is 1. The third-order valence-corrected chi connectivity index (χ3v) is 2.60. The molecule has 0 aliphatic heterocycles. The molecule has 1 unspecified atom stereocenters. The molecule has 6 N–H and O–H groups in total. The molecule has 0 saturated heterocycles. The molecule has 0 aliphatic carbocycles. The summed E-state index contributed by atoms with van der Waals surface area (Å²) in [4.78, 5) is 0. The molecule has 0 aliphatic rings. The summed E-state index contributed by atoms with van der Waals surface area (Å²) in [6.07, 6.45) is 0.466. The van der Waals surface area contributed by atoms with Crippen LogP contribution >= 0.6 is 0 Å².